The molecule has 0 aliphatic rings. The van der Waals surface area contributed by atoms with E-state index in [0.717, 1.165) is 77.0 Å². The summed E-state index contributed by atoms with van der Waals surface area (Å²) >= 11 is 0. The third kappa shape index (κ3) is 47.7. The average molecular weight is 950 g/mol. The second-order valence-corrected chi connectivity index (χ2v) is 19.1. The molecule has 0 aliphatic carbocycles. The predicted octanol–water partition coefficient (Wildman–Crippen LogP) is 15.1. The summed E-state index contributed by atoms with van der Waals surface area (Å²) < 4.78 is 32.9. The molecule has 0 bridgehead atoms. The number of esters is 2. The van der Waals surface area contributed by atoms with Crippen molar-refractivity contribution in [3.63, 3.8) is 0 Å². The zero-order valence-electron chi connectivity index (χ0n) is 41.8. The molecule has 11 nitrogen and oxygen atoms in total. The van der Waals surface area contributed by atoms with Gasteiger partial charge in [-0.1, -0.05) is 197 Å². The van der Waals surface area contributed by atoms with Crippen molar-refractivity contribution in [3.8, 4) is 0 Å². The van der Waals surface area contributed by atoms with Gasteiger partial charge in [-0.15, -0.1) is 0 Å². The minimum atomic E-state index is -4.73. The van der Waals surface area contributed by atoms with Crippen molar-refractivity contribution in [2.24, 2.45) is 5.73 Å². The highest BCUT2D eigenvalue weighted by atomic mass is 31.2. The lowest BCUT2D eigenvalue weighted by Gasteiger charge is -2.20. The summed E-state index contributed by atoms with van der Waals surface area (Å²) in [6.07, 6.45) is 58.5. The SMILES string of the molecule is CCCCC/C=C\C/C=C\C/C=C\CCCCCCCCC(=O)OC(COC(=O)CCCCCCCCCCCCC/C=C\C/C=C\CCCCCCC)COP(=O)(O)OCC(N)C(=O)O. The van der Waals surface area contributed by atoms with E-state index in [9.17, 15) is 23.8 Å². The van der Waals surface area contributed by atoms with Crippen LogP contribution in [-0.2, 0) is 37.5 Å². The number of hydrogen-bond acceptors (Lipinski definition) is 9. The van der Waals surface area contributed by atoms with Gasteiger partial charge in [0.05, 0.1) is 13.2 Å². The lowest BCUT2D eigenvalue weighted by atomic mass is 10.0. The predicted molar refractivity (Wildman–Crippen MR) is 272 cm³/mol. The Morgan fingerprint density at radius 2 is 0.803 bits per heavy atom. The van der Waals surface area contributed by atoms with E-state index in [0.29, 0.717) is 12.8 Å². The number of carbonyl (C=O) groups excluding carboxylic acids is 2. The summed E-state index contributed by atoms with van der Waals surface area (Å²) in [7, 11) is -4.73. The highest BCUT2D eigenvalue weighted by molar-refractivity contribution is 7.47. The molecule has 0 spiro atoms. The maximum atomic E-state index is 12.7. The number of hydrogen-bond donors (Lipinski definition) is 3. The Balaban J connectivity index is 4.25. The Hall–Kier alpha value is -2.82. The molecule has 0 aromatic rings. The maximum Gasteiger partial charge on any atom is 0.472 e. The van der Waals surface area contributed by atoms with Crippen LogP contribution in [0.4, 0.5) is 0 Å². The van der Waals surface area contributed by atoms with Gasteiger partial charge >= 0.3 is 25.7 Å². The summed E-state index contributed by atoms with van der Waals surface area (Å²) in [5.41, 5.74) is 5.35. The zero-order chi connectivity index (χ0) is 48.4. The van der Waals surface area contributed by atoms with E-state index in [1.165, 1.54) is 116 Å². The van der Waals surface area contributed by atoms with E-state index in [4.69, 9.17) is 24.8 Å². The van der Waals surface area contributed by atoms with Crippen LogP contribution in [0.1, 0.15) is 232 Å². The molecule has 0 heterocycles. The first kappa shape index (κ1) is 63.2. The number of carboxylic acid groups (broad SMARTS) is 1. The first-order valence-corrected chi connectivity index (χ1v) is 27.8. The molecule has 0 fully saturated rings. The molecule has 4 N–H and O–H groups in total. The van der Waals surface area contributed by atoms with Crippen LogP contribution in [0.2, 0.25) is 0 Å². The van der Waals surface area contributed by atoms with E-state index < -0.39 is 51.1 Å². The summed E-state index contributed by atoms with van der Waals surface area (Å²) in [4.78, 5) is 46.2. The van der Waals surface area contributed by atoms with E-state index in [1.807, 2.05) is 0 Å². The van der Waals surface area contributed by atoms with Crippen LogP contribution in [0.3, 0.4) is 0 Å². The first-order chi connectivity index (χ1) is 32.1. The topological polar surface area (TPSA) is 172 Å². The molecule has 0 aromatic heterocycles. The molecule has 12 heteroatoms. The van der Waals surface area contributed by atoms with Gasteiger partial charge in [-0.25, -0.2) is 4.57 Å². The fourth-order valence-electron chi connectivity index (χ4n) is 7.10. The standard InChI is InChI=1S/C54H96NO10P/c1-3-5-7-9-11-13-15-17-19-21-23-24-25-26-28-29-31-33-35-37-39-41-43-45-52(56)62-47-50(48-63-66(60,61)64-49-51(55)54(58)59)65-53(57)46-44-42-40-38-36-34-32-30-27-22-20-18-16-14-12-10-8-6-4-2/h12,14-15,17-18,20-21,23,27,30,50-51H,3-11,13,16,19,22,24-26,28-29,31-49,55H2,1-2H3,(H,58,59)(H,60,61)/b14-12-,17-15-,20-18-,23-21-,30-27-. The van der Waals surface area contributed by atoms with Gasteiger partial charge in [-0.3, -0.25) is 23.4 Å². The number of phosphoric acid groups is 1. The Morgan fingerprint density at radius 1 is 0.470 bits per heavy atom. The van der Waals surface area contributed by atoms with Crippen molar-refractivity contribution in [1.29, 1.82) is 0 Å². The molecule has 0 aromatic carbocycles. The molecular weight excluding hydrogens is 854 g/mol. The molecular formula is C54H96NO10P. The highest BCUT2D eigenvalue weighted by Gasteiger charge is 2.28. The quantitative estimate of drug-likeness (QED) is 0.0229. The van der Waals surface area contributed by atoms with E-state index in [1.54, 1.807) is 0 Å². The van der Waals surface area contributed by atoms with Crippen molar-refractivity contribution in [2.75, 3.05) is 19.8 Å². The van der Waals surface area contributed by atoms with Gasteiger partial charge in [0.15, 0.2) is 6.10 Å². The minimum Gasteiger partial charge on any atom is -0.480 e. The van der Waals surface area contributed by atoms with Crippen LogP contribution in [-0.4, -0.2) is 59.9 Å². The Morgan fingerprint density at radius 3 is 1.23 bits per heavy atom. The van der Waals surface area contributed by atoms with Gasteiger partial charge in [-0.05, 0) is 83.5 Å². The number of phosphoric ester groups is 1. The van der Waals surface area contributed by atoms with Crippen molar-refractivity contribution in [3.05, 3.63) is 60.8 Å². The third-order valence-electron chi connectivity index (χ3n) is 11.2. The number of ether oxygens (including phenoxy) is 2. The number of aliphatic carboxylic acids is 1. The number of allylic oxidation sites excluding steroid dienone is 10. The van der Waals surface area contributed by atoms with Crippen LogP contribution in [0.25, 0.3) is 0 Å². The fourth-order valence-corrected chi connectivity index (χ4v) is 7.88. The highest BCUT2D eigenvalue weighted by Crippen LogP contribution is 2.43. The first-order valence-electron chi connectivity index (χ1n) is 26.3. The van der Waals surface area contributed by atoms with Crippen LogP contribution in [0.5, 0.6) is 0 Å². The smallest absolute Gasteiger partial charge is 0.472 e. The molecule has 0 radical (unpaired) electrons. The summed E-state index contributed by atoms with van der Waals surface area (Å²) in [5.74, 6) is -2.39. The number of carbonyl (C=O) groups is 3. The second-order valence-electron chi connectivity index (χ2n) is 17.7. The van der Waals surface area contributed by atoms with Crippen LogP contribution < -0.4 is 5.73 Å². The van der Waals surface area contributed by atoms with Crippen LogP contribution in [0, 0.1) is 0 Å². The number of rotatable bonds is 49. The molecule has 3 unspecified atom stereocenters. The van der Waals surface area contributed by atoms with Gasteiger partial charge in [0.1, 0.15) is 12.6 Å². The lowest BCUT2D eigenvalue weighted by Crippen LogP contribution is -2.34. The largest absolute Gasteiger partial charge is 0.480 e. The van der Waals surface area contributed by atoms with Gasteiger partial charge < -0.3 is 25.2 Å². The summed E-state index contributed by atoms with van der Waals surface area (Å²) in [6.45, 7) is 2.78. The molecule has 0 rings (SSSR count). The van der Waals surface area contributed by atoms with Crippen LogP contribution in [0.15, 0.2) is 60.8 Å². The molecule has 382 valence electrons. The molecule has 0 saturated heterocycles. The number of unbranched alkanes of at least 4 members (excludes halogenated alkanes) is 25. The number of carboxylic acids is 1. The summed E-state index contributed by atoms with van der Waals surface area (Å²) in [6, 6.07) is -1.53. The molecule has 3 atom stereocenters. The van der Waals surface area contributed by atoms with Gasteiger partial charge in [0.2, 0.25) is 0 Å². The Bertz CT molecular complexity index is 1350. The monoisotopic (exact) mass is 950 g/mol. The van der Waals surface area contributed by atoms with Crippen molar-refractivity contribution >= 4 is 25.7 Å². The van der Waals surface area contributed by atoms with Crippen molar-refractivity contribution in [2.45, 2.75) is 244 Å². The van der Waals surface area contributed by atoms with Gasteiger partial charge in [-0.2, -0.15) is 0 Å². The molecule has 66 heavy (non-hydrogen) atoms. The molecule has 0 amide bonds. The van der Waals surface area contributed by atoms with E-state index >= 15 is 0 Å². The normalized spacial score (nSPS) is 14.0. The van der Waals surface area contributed by atoms with E-state index in [2.05, 4.69) is 79.1 Å². The Labute approximate surface area is 402 Å². The second kappa shape index (κ2) is 48.6. The van der Waals surface area contributed by atoms with Crippen molar-refractivity contribution in [1.82, 2.24) is 0 Å². The van der Waals surface area contributed by atoms with Gasteiger partial charge in [0.25, 0.3) is 0 Å². The zero-order valence-corrected chi connectivity index (χ0v) is 42.7. The average Bonchev–Trinajstić information content (AvgIpc) is 3.30. The van der Waals surface area contributed by atoms with E-state index in [-0.39, 0.29) is 19.4 Å². The van der Waals surface area contributed by atoms with Crippen molar-refractivity contribution < 1.29 is 47.5 Å². The molecule has 0 aliphatic heterocycles. The van der Waals surface area contributed by atoms with Gasteiger partial charge in [0, 0.05) is 12.8 Å². The molecule has 0 saturated carbocycles. The lowest BCUT2D eigenvalue weighted by molar-refractivity contribution is -0.161. The summed E-state index contributed by atoms with van der Waals surface area (Å²) in [5, 5.41) is 8.93. The third-order valence-corrected chi connectivity index (χ3v) is 12.2. The maximum absolute atomic E-state index is 12.7. The minimum absolute atomic E-state index is 0.145. The Kier molecular flexibility index (Phi) is 46.6. The fraction of sp³-hybridized carbons (Fsp3) is 0.759. The van der Waals surface area contributed by atoms with Crippen LogP contribution >= 0.6 is 7.82 Å². The number of nitrogens with two attached hydrogens (primary N) is 1.